The Morgan fingerprint density at radius 2 is 0.785 bits per heavy atom. The minimum absolute atomic E-state index is 0.0273. The molecule has 0 aliphatic rings. The molecule has 0 saturated carbocycles. The van der Waals surface area contributed by atoms with Crippen LogP contribution in [-0.2, 0) is 14.3 Å². The predicted molar refractivity (Wildman–Crippen MR) is 282 cm³/mol. The van der Waals surface area contributed by atoms with Gasteiger partial charge in [0, 0.05) is 12.8 Å². The zero-order chi connectivity index (χ0) is 47.2. The number of allylic oxidation sites excluding steroid dienone is 7. The van der Waals surface area contributed by atoms with E-state index in [4.69, 9.17) is 4.74 Å². The topological polar surface area (TPSA) is 95.9 Å². The molecule has 3 N–H and O–H groups in total. The van der Waals surface area contributed by atoms with Gasteiger partial charge < -0.3 is 20.3 Å². The van der Waals surface area contributed by atoms with Gasteiger partial charge in [-0.2, -0.15) is 0 Å². The molecule has 2 atom stereocenters. The highest BCUT2D eigenvalue weighted by Gasteiger charge is 2.17. The van der Waals surface area contributed by atoms with Crippen LogP contribution < -0.4 is 5.32 Å². The molecular formula is C59H109NO5. The fraction of sp³-hybridized carbons (Fsp3) is 0.831. The van der Waals surface area contributed by atoms with E-state index in [9.17, 15) is 19.8 Å². The monoisotopic (exact) mass is 912 g/mol. The second-order valence-corrected chi connectivity index (χ2v) is 19.3. The SMILES string of the molecule is CCCCCCC/C=C\CCCCCCCC(=O)OCCCCCCCC/C=C\C/C=C\CCC(=O)NC(CO)C(O)/C=C/CCCCCCCCCCCCCCCCCCCCC. The maximum atomic E-state index is 12.4. The summed E-state index contributed by atoms with van der Waals surface area (Å²) in [6.45, 7) is 4.83. The summed E-state index contributed by atoms with van der Waals surface area (Å²) in [6.07, 6.45) is 68.5. The molecule has 0 bridgehead atoms. The number of ether oxygens (including phenoxy) is 1. The number of unbranched alkanes of at least 4 members (excludes halogenated alkanes) is 35. The summed E-state index contributed by atoms with van der Waals surface area (Å²) in [5.41, 5.74) is 0. The molecule has 6 heteroatoms. The van der Waals surface area contributed by atoms with E-state index in [1.165, 1.54) is 205 Å². The Balaban J connectivity index is 3.59. The number of nitrogens with one attached hydrogen (secondary N) is 1. The minimum atomic E-state index is -0.881. The van der Waals surface area contributed by atoms with E-state index in [1.807, 2.05) is 12.2 Å². The summed E-state index contributed by atoms with van der Waals surface area (Å²) in [4.78, 5) is 24.5. The molecule has 65 heavy (non-hydrogen) atoms. The van der Waals surface area contributed by atoms with Gasteiger partial charge in [0.25, 0.3) is 0 Å². The number of esters is 1. The molecule has 0 heterocycles. The van der Waals surface area contributed by atoms with Gasteiger partial charge in [-0.3, -0.25) is 9.59 Å². The second-order valence-electron chi connectivity index (χ2n) is 19.3. The standard InChI is InChI=1S/C59H109NO5/c1-3-5-7-9-11-13-15-17-19-20-21-22-23-24-25-27-31-35-39-43-47-51-57(62)56(55-61)60-58(63)52-48-44-40-36-32-28-26-30-34-38-42-46-50-54-65-59(64)53-49-45-41-37-33-29-18-16-14-12-10-8-6-4-2/h16,18,28,32,40,44,47,51,56-57,61-62H,3-15,17,19-27,29-31,33-39,41-43,45-46,48-50,52-55H2,1-2H3,(H,60,63)/b18-16-,32-28-,44-40-,51-47+. The van der Waals surface area contributed by atoms with Crippen LogP contribution in [0.3, 0.4) is 0 Å². The zero-order valence-corrected chi connectivity index (χ0v) is 43.2. The van der Waals surface area contributed by atoms with Gasteiger partial charge >= 0.3 is 5.97 Å². The van der Waals surface area contributed by atoms with Gasteiger partial charge in [-0.05, 0) is 77.0 Å². The maximum Gasteiger partial charge on any atom is 0.305 e. The highest BCUT2D eigenvalue weighted by atomic mass is 16.5. The van der Waals surface area contributed by atoms with Crippen molar-refractivity contribution in [3.8, 4) is 0 Å². The van der Waals surface area contributed by atoms with Crippen LogP contribution in [0.15, 0.2) is 48.6 Å². The zero-order valence-electron chi connectivity index (χ0n) is 43.2. The van der Waals surface area contributed by atoms with Crippen molar-refractivity contribution in [2.24, 2.45) is 0 Å². The summed E-state index contributed by atoms with van der Waals surface area (Å²) in [7, 11) is 0. The van der Waals surface area contributed by atoms with Crippen LogP contribution in [0.5, 0.6) is 0 Å². The lowest BCUT2D eigenvalue weighted by molar-refractivity contribution is -0.143. The van der Waals surface area contributed by atoms with E-state index in [-0.39, 0.29) is 18.5 Å². The van der Waals surface area contributed by atoms with E-state index in [0.29, 0.717) is 25.9 Å². The van der Waals surface area contributed by atoms with Gasteiger partial charge in [0.1, 0.15) is 0 Å². The van der Waals surface area contributed by atoms with Gasteiger partial charge in [-0.15, -0.1) is 0 Å². The fourth-order valence-corrected chi connectivity index (χ4v) is 8.44. The van der Waals surface area contributed by atoms with Crippen molar-refractivity contribution in [1.29, 1.82) is 0 Å². The van der Waals surface area contributed by atoms with Crippen LogP contribution in [0.2, 0.25) is 0 Å². The Labute approximate surface area is 404 Å². The van der Waals surface area contributed by atoms with Gasteiger partial charge in [-0.25, -0.2) is 0 Å². The normalized spacial score (nSPS) is 13.0. The number of carbonyl (C=O) groups excluding carboxylic acids is 2. The Morgan fingerprint density at radius 3 is 1.22 bits per heavy atom. The molecule has 0 fully saturated rings. The molecular weight excluding hydrogens is 803 g/mol. The van der Waals surface area contributed by atoms with E-state index in [2.05, 4.69) is 49.5 Å². The van der Waals surface area contributed by atoms with E-state index >= 15 is 0 Å². The third-order valence-corrected chi connectivity index (χ3v) is 12.8. The molecule has 0 aliphatic carbocycles. The van der Waals surface area contributed by atoms with E-state index in [1.54, 1.807) is 6.08 Å². The van der Waals surface area contributed by atoms with Crippen molar-refractivity contribution >= 4 is 11.9 Å². The number of aliphatic hydroxyl groups is 2. The molecule has 0 aromatic carbocycles. The summed E-state index contributed by atoms with van der Waals surface area (Å²) >= 11 is 0. The van der Waals surface area contributed by atoms with E-state index < -0.39 is 12.1 Å². The van der Waals surface area contributed by atoms with Crippen LogP contribution >= 0.6 is 0 Å². The minimum Gasteiger partial charge on any atom is -0.466 e. The Bertz CT molecular complexity index is 1100. The van der Waals surface area contributed by atoms with Gasteiger partial charge in [0.15, 0.2) is 0 Å². The van der Waals surface area contributed by atoms with Crippen LogP contribution in [0.25, 0.3) is 0 Å². The van der Waals surface area contributed by atoms with Crippen LogP contribution in [0.1, 0.15) is 290 Å². The summed E-state index contributed by atoms with van der Waals surface area (Å²) in [5.74, 6) is -0.175. The number of amides is 1. The van der Waals surface area contributed by atoms with Crippen LogP contribution in [0.4, 0.5) is 0 Å². The number of hydrogen-bond donors (Lipinski definition) is 3. The number of aliphatic hydroxyl groups excluding tert-OH is 2. The van der Waals surface area contributed by atoms with Gasteiger partial charge in [0.2, 0.25) is 5.91 Å². The fourth-order valence-electron chi connectivity index (χ4n) is 8.44. The molecule has 0 spiro atoms. The number of rotatable bonds is 52. The third kappa shape index (κ3) is 51.1. The largest absolute Gasteiger partial charge is 0.466 e. The Morgan fingerprint density at radius 1 is 0.431 bits per heavy atom. The van der Waals surface area contributed by atoms with E-state index in [0.717, 1.165) is 51.4 Å². The summed E-state index contributed by atoms with van der Waals surface area (Å²) in [6, 6.07) is -0.674. The smallest absolute Gasteiger partial charge is 0.305 e. The van der Waals surface area contributed by atoms with Crippen molar-refractivity contribution in [2.75, 3.05) is 13.2 Å². The second kappa shape index (κ2) is 54.4. The van der Waals surface area contributed by atoms with Crippen molar-refractivity contribution < 1.29 is 24.5 Å². The van der Waals surface area contributed by atoms with Crippen molar-refractivity contribution in [3.05, 3.63) is 48.6 Å². The number of hydrogen-bond acceptors (Lipinski definition) is 5. The first-order valence-corrected chi connectivity index (χ1v) is 28.4. The lowest BCUT2D eigenvalue weighted by Gasteiger charge is -2.19. The predicted octanol–water partition coefficient (Wildman–Crippen LogP) is 17.4. The molecule has 6 nitrogen and oxygen atoms in total. The Kier molecular flexibility index (Phi) is 52.6. The van der Waals surface area contributed by atoms with Crippen LogP contribution in [-0.4, -0.2) is 47.4 Å². The van der Waals surface area contributed by atoms with Crippen molar-refractivity contribution in [1.82, 2.24) is 5.32 Å². The molecule has 0 rings (SSSR count). The van der Waals surface area contributed by atoms with Crippen LogP contribution in [0, 0.1) is 0 Å². The highest BCUT2D eigenvalue weighted by Crippen LogP contribution is 2.16. The summed E-state index contributed by atoms with van der Waals surface area (Å²) in [5, 5.41) is 23.1. The lowest BCUT2D eigenvalue weighted by Crippen LogP contribution is -2.45. The lowest BCUT2D eigenvalue weighted by atomic mass is 10.0. The highest BCUT2D eigenvalue weighted by molar-refractivity contribution is 5.76. The molecule has 0 aromatic rings. The molecule has 2 unspecified atom stereocenters. The molecule has 0 saturated heterocycles. The first-order chi connectivity index (χ1) is 32.0. The van der Waals surface area contributed by atoms with Crippen molar-refractivity contribution in [2.45, 2.75) is 302 Å². The molecule has 0 aliphatic heterocycles. The third-order valence-electron chi connectivity index (χ3n) is 12.8. The summed E-state index contributed by atoms with van der Waals surface area (Å²) < 4.78 is 5.45. The molecule has 0 radical (unpaired) electrons. The van der Waals surface area contributed by atoms with Crippen molar-refractivity contribution in [3.63, 3.8) is 0 Å². The average molecular weight is 913 g/mol. The average Bonchev–Trinajstić information content (AvgIpc) is 3.31. The molecule has 380 valence electrons. The first kappa shape index (κ1) is 62.8. The molecule has 0 aromatic heterocycles. The molecule has 1 amide bonds. The maximum absolute atomic E-state index is 12.4. The first-order valence-electron chi connectivity index (χ1n) is 28.4. The quantitative estimate of drug-likeness (QED) is 0.0321. The Hall–Kier alpha value is -2.18. The van der Waals surface area contributed by atoms with Gasteiger partial charge in [-0.1, -0.05) is 249 Å². The van der Waals surface area contributed by atoms with Gasteiger partial charge in [0.05, 0.1) is 25.4 Å². The number of carbonyl (C=O) groups is 2.